The molecule has 3 N–H and O–H groups in total. The van der Waals surface area contributed by atoms with E-state index in [9.17, 15) is 4.79 Å². The quantitative estimate of drug-likeness (QED) is 0.793. The van der Waals surface area contributed by atoms with Crippen LogP contribution in [0.1, 0.15) is 65.2 Å². The van der Waals surface area contributed by atoms with Gasteiger partial charge in [0, 0.05) is 6.04 Å². The molecule has 0 aromatic rings. The summed E-state index contributed by atoms with van der Waals surface area (Å²) in [5.41, 5.74) is 5.27. The fourth-order valence-corrected chi connectivity index (χ4v) is 3.72. The second kappa shape index (κ2) is 4.60. The summed E-state index contributed by atoms with van der Waals surface area (Å²) in [5.74, 6) is -0.144. The van der Waals surface area contributed by atoms with E-state index in [1.165, 1.54) is 32.1 Å². The van der Waals surface area contributed by atoms with Crippen molar-refractivity contribution in [3.05, 3.63) is 0 Å². The molecule has 2 rings (SSSR count). The van der Waals surface area contributed by atoms with Gasteiger partial charge in [-0.3, -0.25) is 4.79 Å². The first-order valence-electron chi connectivity index (χ1n) is 7.06. The van der Waals surface area contributed by atoms with Gasteiger partial charge in [0.05, 0.1) is 0 Å². The Morgan fingerprint density at radius 2 is 1.71 bits per heavy atom. The standard InChI is InChI=1S/C14H26N2O/c1-13(2)9-5-6-10-14(13,12(15)17)16-11-7-3-4-8-11/h11,16H,3-10H2,1-2H3,(H2,15,17). The van der Waals surface area contributed by atoms with Crippen molar-refractivity contribution in [3.8, 4) is 0 Å². The van der Waals surface area contributed by atoms with Crippen molar-refractivity contribution in [1.82, 2.24) is 5.32 Å². The highest BCUT2D eigenvalue weighted by atomic mass is 16.1. The van der Waals surface area contributed by atoms with Gasteiger partial charge < -0.3 is 11.1 Å². The van der Waals surface area contributed by atoms with Gasteiger partial charge in [0.1, 0.15) is 5.54 Å². The van der Waals surface area contributed by atoms with Crippen LogP contribution in [0.25, 0.3) is 0 Å². The van der Waals surface area contributed by atoms with Gasteiger partial charge >= 0.3 is 0 Å². The van der Waals surface area contributed by atoms with Crippen molar-refractivity contribution in [2.45, 2.75) is 76.8 Å². The number of carbonyl (C=O) groups is 1. The summed E-state index contributed by atoms with van der Waals surface area (Å²) >= 11 is 0. The lowest BCUT2D eigenvalue weighted by Gasteiger charge is -2.50. The summed E-state index contributed by atoms with van der Waals surface area (Å²) in [6.07, 6.45) is 9.30. The highest BCUT2D eigenvalue weighted by Gasteiger charge is 2.51. The van der Waals surface area contributed by atoms with Crippen LogP contribution >= 0.6 is 0 Å². The normalized spacial score (nSPS) is 33.8. The van der Waals surface area contributed by atoms with Gasteiger partial charge in [-0.1, -0.05) is 39.5 Å². The van der Waals surface area contributed by atoms with Gasteiger partial charge in [-0.05, 0) is 31.1 Å². The molecule has 0 heterocycles. The first-order chi connectivity index (χ1) is 7.98. The maximum absolute atomic E-state index is 12.0. The van der Waals surface area contributed by atoms with Crippen LogP contribution in [0.5, 0.6) is 0 Å². The van der Waals surface area contributed by atoms with E-state index in [1.807, 2.05) is 0 Å². The summed E-state index contributed by atoms with van der Waals surface area (Å²) in [7, 11) is 0. The Morgan fingerprint density at radius 1 is 1.12 bits per heavy atom. The number of primary amides is 1. The molecule has 1 amide bonds. The molecule has 0 aromatic heterocycles. The third kappa shape index (κ3) is 2.22. The van der Waals surface area contributed by atoms with Crippen LogP contribution in [0.3, 0.4) is 0 Å². The lowest BCUT2D eigenvalue weighted by Crippen LogP contribution is -2.67. The summed E-state index contributed by atoms with van der Waals surface area (Å²) in [5, 5.41) is 3.65. The molecule has 0 bridgehead atoms. The van der Waals surface area contributed by atoms with Crippen LogP contribution < -0.4 is 11.1 Å². The van der Waals surface area contributed by atoms with Crippen molar-refractivity contribution in [2.24, 2.45) is 11.1 Å². The molecule has 2 aliphatic rings. The Labute approximate surface area is 105 Å². The summed E-state index contributed by atoms with van der Waals surface area (Å²) in [4.78, 5) is 12.0. The zero-order valence-corrected chi connectivity index (χ0v) is 11.2. The van der Waals surface area contributed by atoms with Crippen LogP contribution in [-0.4, -0.2) is 17.5 Å². The van der Waals surface area contributed by atoms with Crippen LogP contribution in [0, 0.1) is 5.41 Å². The van der Waals surface area contributed by atoms with Crippen molar-refractivity contribution in [1.29, 1.82) is 0 Å². The van der Waals surface area contributed by atoms with Gasteiger partial charge in [-0.15, -0.1) is 0 Å². The molecular formula is C14H26N2O. The van der Waals surface area contributed by atoms with Crippen LogP contribution in [0.2, 0.25) is 0 Å². The molecular weight excluding hydrogens is 212 g/mol. The summed E-state index contributed by atoms with van der Waals surface area (Å²) in [6, 6.07) is 0.500. The smallest absolute Gasteiger partial charge is 0.238 e. The lowest BCUT2D eigenvalue weighted by molar-refractivity contribution is -0.132. The molecule has 3 heteroatoms. The molecule has 0 spiro atoms. The minimum Gasteiger partial charge on any atom is -0.368 e. The van der Waals surface area contributed by atoms with E-state index >= 15 is 0 Å². The molecule has 0 saturated heterocycles. The molecule has 3 nitrogen and oxygen atoms in total. The van der Waals surface area contributed by atoms with Crippen molar-refractivity contribution in [3.63, 3.8) is 0 Å². The van der Waals surface area contributed by atoms with Crippen LogP contribution in [-0.2, 0) is 4.79 Å². The fourth-order valence-electron chi connectivity index (χ4n) is 3.72. The Kier molecular flexibility index (Phi) is 3.48. The molecule has 17 heavy (non-hydrogen) atoms. The number of nitrogens with one attached hydrogen (secondary N) is 1. The summed E-state index contributed by atoms with van der Waals surface area (Å²) < 4.78 is 0. The first-order valence-corrected chi connectivity index (χ1v) is 7.06. The largest absolute Gasteiger partial charge is 0.368 e. The Balaban J connectivity index is 2.20. The van der Waals surface area contributed by atoms with E-state index in [4.69, 9.17) is 5.73 Å². The predicted octanol–water partition coefficient (Wildman–Crippen LogP) is 2.34. The van der Waals surface area contributed by atoms with E-state index < -0.39 is 5.54 Å². The van der Waals surface area contributed by atoms with Gasteiger partial charge in [0.2, 0.25) is 5.91 Å². The number of nitrogens with two attached hydrogens (primary N) is 1. The predicted molar refractivity (Wildman–Crippen MR) is 69.6 cm³/mol. The van der Waals surface area contributed by atoms with E-state index in [0.29, 0.717) is 6.04 Å². The average Bonchev–Trinajstić information content (AvgIpc) is 2.73. The van der Waals surface area contributed by atoms with Gasteiger partial charge in [-0.2, -0.15) is 0 Å². The lowest BCUT2D eigenvalue weighted by atomic mass is 9.62. The number of hydrogen-bond donors (Lipinski definition) is 2. The van der Waals surface area contributed by atoms with E-state index in [0.717, 1.165) is 19.3 Å². The average molecular weight is 238 g/mol. The van der Waals surface area contributed by atoms with Gasteiger partial charge in [-0.25, -0.2) is 0 Å². The molecule has 0 radical (unpaired) electrons. The van der Waals surface area contributed by atoms with Crippen molar-refractivity contribution in [2.75, 3.05) is 0 Å². The number of rotatable bonds is 3. The molecule has 2 fully saturated rings. The zero-order chi connectivity index (χ0) is 12.5. The molecule has 0 aliphatic heterocycles. The molecule has 0 aromatic carbocycles. The third-order valence-electron chi connectivity index (χ3n) is 4.99. The van der Waals surface area contributed by atoms with Crippen LogP contribution in [0.4, 0.5) is 0 Å². The fraction of sp³-hybridized carbons (Fsp3) is 0.929. The maximum Gasteiger partial charge on any atom is 0.238 e. The first kappa shape index (κ1) is 12.9. The second-order valence-corrected chi connectivity index (χ2v) is 6.49. The van der Waals surface area contributed by atoms with Gasteiger partial charge in [0.15, 0.2) is 0 Å². The molecule has 98 valence electrons. The molecule has 2 aliphatic carbocycles. The number of amides is 1. The Hall–Kier alpha value is -0.570. The zero-order valence-electron chi connectivity index (χ0n) is 11.2. The van der Waals surface area contributed by atoms with E-state index in [2.05, 4.69) is 19.2 Å². The highest BCUT2D eigenvalue weighted by Crippen LogP contribution is 2.44. The van der Waals surface area contributed by atoms with Crippen LogP contribution in [0.15, 0.2) is 0 Å². The number of hydrogen-bond acceptors (Lipinski definition) is 2. The minimum atomic E-state index is -0.472. The topological polar surface area (TPSA) is 55.1 Å². The summed E-state index contributed by atoms with van der Waals surface area (Å²) in [6.45, 7) is 4.39. The van der Waals surface area contributed by atoms with E-state index in [1.54, 1.807) is 0 Å². The molecule has 1 unspecified atom stereocenters. The molecule has 1 atom stereocenters. The van der Waals surface area contributed by atoms with E-state index in [-0.39, 0.29) is 11.3 Å². The van der Waals surface area contributed by atoms with Gasteiger partial charge in [0.25, 0.3) is 0 Å². The van der Waals surface area contributed by atoms with Crippen molar-refractivity contribution >= 4 is 5.91 Å². The minimum absolute atomic E-state index is 0.0142. The molecule has 2 saturated carbocycles. The monoisotopic (exact) mass is 238 g/mol. The van der Waals surface area contributed by atoms with Crippen molar-refractivity contribution < 1.29 is 4.79 Å². The number of carbonyl (C=O) groups excluding carboxylic acids is 1. The third-order valence-corrected chi connectivity index (χ3v) is 4.99. The Bertz CT molecular complexity index is 295. The Morgan fingerprint density at radius 3 is 2.24 bits per heavy atom. The second-order valence-electron chi connectivity index (χ2n) is 6.49. The SMILES string of the molecule is CC1(C)CCCCC1(NC1CCCC1)C(N)=O. The maximum atomic E-state index is 12.0. The highest BCUT2D eigenvalue weighted by molar-refractivity contribution is 5.86.